The van der Waals surface area contributed by atoms with Crippen LogP contribution >= 0.6 is 0 Å². The average molecular weight is 244 g/mol. The number of hydrogen-bond donors (Lipinski definition) is 2. The SMILES string of the molecule is Cc1cc(-c2nc(N3CCNCC3)n[nH]2)ccn1. The molecule has 2 aromatic heterocycles. The van der Waals surface area contributed by atoms with E-state index in [0.29, 0.717) is 0 Å². The van der Waals surface area contributed by atoms with Crippen molar-refractivity contribution in [1.29, 1.82) is 0 Å². The van der Waals surface area contributed by atoms with Gasteiger partial charge in [0.25, 0.3) is 0 Å². The van der Waals surface area contributed by atoms with E-state index in [1.807, 2.05) is 19.1 Å². The fourth-order valence-corrected chi connectivity index (χ4v) is 2.08. The Kier molecular flexibility index (Phi) is 2.93. The zero-order chi connectivity index (χ0) is 12.4. The summed E-state index contributed by atoms with van der Waals surface area (Å²) in [5, 5.41) is 10.6. The third-order valence-corrected chi connectivity index (χ3v) is 3.04. The highest BCUT2D eigenvalue weighted by atomic mass is 15.4. The van der Waals surface area contributed by atoms with Crippen molar-refractivity contribution in [2.45, 2.75) is 6.92 Å². The van der Waals surface area contributed by atoms with Gasteiger partial charge in [-0.3, -0.25) is 10.1 Å². The first-order valence-electron chi connectivity index (χ1n) is 6.14. The van der Waals surface area contributed by atoms with Gasteiger partial charge in [-0.2, -0.15) is 4.98 Å². The molecule has 0 atom stereocenters. The molecule has 6 nitrogen and oxygen atoms in total. The maximum absolute atomic E-state index is 4.55. The smallest absolute Gasteiger partial charge is 0.245 e. The van der Waals surface area contributed by atoms with Gasteiger partial charge >= 0.3 is 0 Å². The predicted molar refractivity (Wildman–Crippen MR) is 69.4 cm³/mol. The number of hydrogen-bond acceptors (Lipinski definition) is 5. The molecule has 0 bridgehead atoms. The number of H-pyrrole nitrogens is 1. The minimum atomic E-state index is 0.779. The molecule has 94 valence electrons. The molecule has 1 aliphatic rings. The molecule has 1 fully saturated rings. The molecule has 0 aliphatic carbocycles. The molecule has 2 N–H and O–H groups in total. The van der Waals surface area contributed by atoms with E-state index in [2.05, 4.69) is 30.4 Å². The number of aromatic amines is 1. The van der Waals surface area contributed by atoms with Crippen LogP contribution in [0.2, 0.25) is 0 Å². The number of piperazine rings is 1. The van der Waals surface area contributed by atoms with Crippen molar-refractivity contribution in [2.24, 2.45) is 0 Å². The Labute approximate surface area is 105 Å². The topological polar surface area (TPSA) is 69.7 Å². The third kappa shape index (κ3) is 2.19. The van der Waals surface area contributed by atoms with Gasteiger partial charge in [0, 0.05) is 43.6 Å². The minimum Gasteiger partial charge on any atom is -0.337 e. The summed E-state index contributed by atoms with van der Waals surface area (Å²) in [6.07, 6.45) is 1.79. The van der Waals surface area contributed by atoms with E-state index >= 15 is 0 Å². The van der Waals surface area contributed by atoms with Gasteiger partial charge in [-0.25, -0.2) is 0 Å². The van der Waals surface area contributed by atoms with Gasteiger partial charge < -0.3 is 10.2 Å². The molecule has 0 aromatic carbocycles. The van der Waals surface area contributed by atoms with Crippen LogP contribution in [-0.2, 0) is 0 Å². The Balaban J connectivity index is 1.84. The van der Waals surface area contributed by atoms with Crippen molar-refractivity contribution in [3.05, 3.63) is 24.0 Å². The molecule has 0 unspecified atom stereocenters. The van der Waals surface area contributed by atoms with Gasteiger partial charge in [0.2, 0.25) is 5.95 Å². The van der Waals surface area contributed by atoms with E-state index < -0.39 is 0 Å². The highest BCUT2D eigenvalue weighted by molar-refractivity contribution is 5.56. The summed E-state index contributed by atoms with van der Waals surface area (Å²) >= 11 is 0. The van der Waals surface area contributed by atoms with E-state index in [4.69, 9.17) is 0 Å². The second kappa shape index (κ2) is 4.73. The Morgan fingerprint density at radius 2 is 2.11 bits per heavy atom. The number of nitrogens with one attached hydrogen (secondary N) is 2. The highest BCUT2D eigenvalue weighted by Gasteiger charge is 2.15. The van der Waals surface area contributed by atoms with Crippen LogP contribution in [0.25, 0.3) is 11.4 Å². The summed E-state index contributed by atoms with van der Waals surface area (Å²) in [6, 6.07) is 3.94. The zero-order valence-corrected chi connectivity index (χ0v) is 10.3. The molecule has 2 aromatic rings. The monoisotopic (exact) mass is 244 g/mol. The highest BCUT2D eigenvalue weighted by Crippen LogP contribution is 2.17. The van der Waals surface area contributed by atoms with Crippen molar-refractivity contribution in [3.8, 4) is 11.4 Å². The van der Waals surface area contributed by atoms with Gasteiger partial charge in [-0.05, 0) is 19.1 Å². The lowest BCUT2D eigenvalue weighted by Gasteiger charge is -2.25. The molecule has 0 amide bonds. The number of rotatable bonds is 2. The average Bonchev–Trinajstić information content (AvgIpc) is 2.89. The number of pyridine rings is 1. The molecule has 1 aliphatic heterocycles. The van der Waals surface area contributed by atoms with Crippen molar-refractivity contribution >= 4 is 5.95 Å². The van der Waals surface area contributed by atoms with Crippen LogP contribution in [0.3, 0.4) is 0 Å². The molecule has 0 spiro atoms. The van der Waals surface area contributed by atoms with Crippen LogP contribution < -0.4 is 10.2 Å². The van der Waals surface area contributed by atoms with Gasteiger partial charge in [0.05, 0.1) is 0 Å². The second-order valence-corrected chi connectivity index (χ2v) is 4.41. The number of anilines is 1. The summed E-state index contributed by atoms with van der Waals surface area (Å²) < 4.78 is 0. The molecule has 3 rings (SSSR count). The first kappa shape index (κ1) is 11.2. The molecule has 6 heteroatoms. The second-order valence-electron chi connectivity index (χ2n) is 4.41. The Morgan fingerprint density at radius 3 is 2.89 bits per heavy atom. The van der Waals surface area contributed by atoms with E-state index in [0.717, 1.165) is 49.2 Å². The zero-order valence-electron chi connectivity index (χ0n) is 10.3. The van der Waals surface area contributed by atoms with Crippen LogP contribution in [0.1, 0.15) is 5.69 Å². The van der Waals surface area contributed by atoms with E-state index in [1.165, 1.54) is 0 Å². The van der Waals surface area contributed by atoms with Crippen molar-refractivity contribution in [2.75, 3.05) is 31.1 Å². The molecule has 0 saturated carbocycles. The van der Waals surface area contributed by atoms with Gasteiger partial charge in [0.1, 0.15) is 0 Å². The molecule has 1 saturated heterocycles. The summed E-state index contributed by atoms with van der Waals surface area (Å²) in [4.78, 5) is 10.9. The summed E-state index contributed by atoms with van der Waals surface area (Å²) in [7, 11) is 0. The van der Waals surface area contributed by atoms with Crippen LogP contribution in [0.5, 0.6) is 0 Å². The van der Waals surface area contributed by atoms with Crippen molar-refractivity contribution < 1.29 is 0 Å². The molecular formula is C12H16N6. The maximum atomic E-state index is 4.55. The minimum absolute atomic E-state index is 0.779. The summed E-state index contributed by atoms with van der Waals surface area (Å²) in [5.41, 5.74) is 2.00. The van der Waals surface area contributed by atoms with Gasteiger partial charge in [-0.15, -0.1) is 5.10 Å². The van der Waals surface area contributed by atoms with E-state index in [1.54, 1.807) is 6.20 Å². The molecular weight excluding hydrogens is 228 g/mol. The van der Waals surface area contributed by atoms with E-state index in [9.17, 15) is 0 Å². The largest absolute Gasteiger partial charge is 0.337 e. The third-order valence-electron chi connectivity index (χ3n) is 3.04. The molecule has 0 radical (unpaired) electrons. The first-order valence-corrected chi connectivity index (χ1v) is 6.14. The Hall–Kier alpha value is -1.95. The van der Waals surface area contributed by atoms with Crippen LogP contribution in [0.15, 0.2) is 18.3 Å². The lowest BCUT2D eigenvalue weighted by Crippen LogP contribution is -2.44. The molecule has 3 heterocycles. The normalized spacial score (nSPS) is 15.9. The quantitative estimate of drug-likeness (QED) is 0.809. The Bertz CT molecular complexity index is 529. The molecule has 18 heavy (non-hydrogen) atoms. The Morgan fingerprint density at radius 1 is 1.28 bits per heavy atom. The summed E-state index contributed by atoms with van der Waals surface area (Å²) in [6.45, 7) is 5.84. The lowest BCUT2D eigenvalue weighted by atomic mass is 10.2. The predicted octanol–water partition coefficient (Wildman–Crippen LogP) is 0.585. The lowest BCUT2D eigenvalue weighted by molar-refractivity contribution is 0.580. The van der Waals surface area contributed by atoms with Gasteiger partial charge in [0.15, 0.2) is 5.82 Å². The number of aryl methyl sites for hydroxylation is 1. The van der Waals surface area contributed by atoms with E-state index in [-0.39, 0.29) is 0 Å². The number of nitrogens with zero attached hydrogens (tertiary/aromatic N) is 4. The fourth-order valence-electron chi connectivity index (χ4n) is 2.08. The standard InChI is InChI=1S/C12H16N6/c1-9-8-10(2-3-14-9)11-15-12(17-16-11)18-6-4-13-5-7-18/h2-3,8,13H,4-7H2,1H3,(H,15,16,17). The fraction of sp³-hybridized carbons (Fsp3) is 0.417. The van der Waals surface area contributed by atoms with Crippen molar-refractivity contribution in [3.63, 3.8) is 0 Å². The van der Waals surface area contributed by atoms with Crippen LogP contribution in [0, 0.1) is 6.92 Å². The number of aromatic nitrogens is 4. The van der Waals surface area contributed by atoms with Gasteiger partial charge in [-0.1, -0.05) is 0 Å². The maximum Gasteiger partial charge on any atom is 0.245 e. The van der Waals surface area contributed by atoms with Crippen molar-refractivity contribution in [1.82, 2.24) is 25.5 Å². The van der Waals surface area contributed by atoms with Crippen LogP contribution in [0.4, 0.5) is 5.95 Å². The first-order chi connectivity index (χ1) is 8.83. The van der Waals surface area contributed by atoms with Crippen LogP contribution in [-0.4, -0.2) is 46.3 Å². The summed E-state index contributed by atoms with van der Waals surface area (Å²) in [5.74, 6) is 1.58.